The van der Waals surface area contributed by atoms with Crippen LogP contribution in [-0.4, -0.2) is 46.9 Å². The standard InChI is InChI=1S/C16H18N4O4/c1-12(21)13-2-3-15(16(10-13)20(22)23)19-7-5-18(6-8-19)11-14-4-9-24-17-14/h2-4,9-10H,5-8,11H2,1H3. The summed E-state index contributed by atoms with van der Waals surface area (Å²) in [6, 6.07) is 6.51. The molecule has 1 aromatic carbocycles. The van der Waals surface area contributed by atoms with Gasteiger partial charge in [-0.1, -0.05) is 5.16 Å². The molecule has 126 valence electrons. The van der Waals surface area contributed by atoms with Crippen molar-refractivity contribution in [3.63, 3.8) is 0 Å². The molecule has 8 nitrogen and oxygen atoms in total. The van der Waals surface area contributed by atoms with E-state index in [0.29, 0.717) is 30.9 Å². The van der Waals surface area contributed by atoms with Crippen molar-refractivity contribution in [3.05, 3.63) is 51.9 Å². The van der Waals surface area contributed by atoms with Crippen LogP contribution < -0.4 is 4.90 Å². The van der Waals surface area contributed by atoms with Gasteiger partial charge in [0.2, 0.25) is 0 Å². The number of benzene rings is 1. The second-order valence-corrected chi connectivity index (χ2v) is 5.77. The van der Waals surface area contributed by atoms with E-state index in [4.69, 9.17) is 4.52 Å². The topological polar surface area (TPSA) is 92.7 Å². The fourth-order valence-electron chi connectivity index (χ4n) is 2.85. The van der Waals surface area contributed by atoms with Crippen molar-refractivity contribution in [1.82, 2.24) is 10.1 Å². The molecule has 0 aliphatic carbocycles. The summed E-state index contributed by atoms with van der Waals surface area (Å²) in [5.41, 5.74) is 1.77. The van der Waals surface area contributed by atoms with Crippen molar-refractivity contribution < 1.29 is 14.2 Å². The molecule has 0 spiro atoms. The van der Waals surface area contributed by atoms with Crippen LogP contribution in [0.15, 0.2) is 35.1 Å². The highest BCUT2D eigenvalue weighted by Crippen LogP contribution is 2.30. The van der Waals surface area contributed by atoms with Gasteiger partial charge in [0.25, 0.3) is 5.69 Å². The third-order valence-corrected chi connectivity index (χ3v) is 4.17. The van der Waals surface area contributed by atoms with Crippen molar-refractivity contribution in [2.24, 2.45) is 0 Å². The van der Waals surface area contributed by atoms with Gasteiger partial charge >= 0.3 is 0 Å². The first-order valence-corrected chi connectivity index (χ1v) is 7.70. The third-order valence-electron chi connectivity index (χ3n) is 4.17. The van der Waals surface area contributed by atoms with Gasteiger partial charge in [-0.3, -0.25) is 19.8 Å². The number of hydrogen-bond acceptors (Lipinski definition) is 7. The molecular weight excluding hydrogens is 312 g/mol. The van der Waals surface area contributed by atoms with E-state index in [0.717, 1.165) is 18.8 Å². The van der Waals surface area contributed by atoms with E-state index in [1.165, 1.54) is 13.0 Å². The summed E-state index contributed by atoms with van der Waals surface area (Å²) in [7, 11) is 0. The van der Waals surface area contributed by atoms with Crippen LogP contribution in [0.4, 0.5) is 11.4 Å². The fourth-order valence-corrected chi connectivity index (χ4v) is 2.85. The first kappa shape index (κ1) is 16.1. The molecule has 0 bridgehead atoms. The molecule has 0 N–H and O–H groups in total. The van der Waals surface area contributed by atoms with E-state index in [9.17, 15) is 14.9 Å². The minimum absolute atomic E-state index is 0.0207. The normalized spacial score (nSPS) is 15.5. The van der Waals surface area contributed by atoms with Gasteiger partial charge in [0.15, 0.2) is 5.78 Å². The molecule has 8 heteroatoms. The summed E-state index contributed by atoms with van der Waals surface area (Å²) < 4.78 is 4.83. The minimum Gasteiger partial charge on any atom is -0.364 e. The maximum atomic E-state index is 11.4. The van der Waals surface area contributed by atoms with Gasteiger partial charge in [-0.15, -0.1) is 0 Å². The highest BCUT2D eigenvalue weighted by Gasteiger charge is 2.24. The Balaban J connectivity index is 1.71. The molecule has 3 rings (SSSR count). The Bertz CT molecular complexity index is 737. The van der Waals surface area contributed by atoms with Crippen molar-refractivity contribution in [3.8, 4) is 0 Å². The number of carbonyl (C=O) groups excluding carboxylic acids is 1. The Morgan fingerprint density at radius 1 is 1.29 bits per heavy atom. The van der Waals surface area contributed by atoms with Gasteiger partial charge in [-0.25, -0.2) is 0 Å². The Kier molecular flexibility index (Phi) is 4.57. The number of Topliss-reactive ketones (excluding diaryl/α,β-unsaturated/α-hetero) is 1. The number of carbonyl (C=O) groups is 1. The van der Waals surface area contributed by atoms with Gasteiger partial charge in [0.1, 0.15) is 12.0 Å². The lowest BCUT2D eigenvalue weighted by Crippen LogP contribution is -2.46. The summed E-state index contributed by atoms with van der Waals surface area (Å²) in [6.07, 6.45) is 1.55. The van der Waals surface area contributed by atoms with E-state index in [1.54, 1.807) is 18.4 Å². The summed E-state index contributed by atoms with van der Waals surface area (Å²) >= 11 is 0. The zero-order valence-corrected chi connectivity index (χ0v) is 13.3. The van der Waals surface area contributed by atoms with Crippen LogP contribution in [0, 0.1) is 10.1 Å². The minimum atomic E-state index is -0.427. The number of rotatable bonds is 5. The van der Waals surface area contributed by atoms with Gasteiger partial charge in [0.05, 0.1) is 10.6 Å². The molecule has 24 heavy (non-hydrogen) atoms. The molecule has 0 unspecified atom stereocenters. The zero-order valence-electron chi connectivity index (χ0n) is 13.3. The Morgan fingerprint density at radius 3 is 2.62 bits per heavy atom. The van der Waals surface area contributed by atoms with E-state index >= 15 is 0 Å². The first-order valence-electron chi connectivity index (χ1n) is 7.70. The maximum Gasteiger partial charge on any atom is 0.293 e. The van der Waals surface area contributed by atoms with E-state index < -0.39 is 4.92 Å². The summed E-state index contributed by atoms with van der Waals surface area (Å²) in [4.78, 5) is 26.6. The molecule has 1 aromatic heterocycles. The molecule has 1 fully saturated rings. The second-order valence-electron chi connectivity index (χ2n) is 5.77. The van der Waals surface area contributed by atoms with Crippen LogP contribution >= 0.6 is 0 Å². The molecule has 2 heterocycles. The van der Waals surface area contributed by atoms with E-state index in [1.807, 2.05) is 11.0 Å². The molecule has 1 aliphatic heterocycles. The number of nitrogens with zero attached hydrogens (tertiary/aromatic N) is 4. The molecule has 2 aromatic rings. The van der Waals surface area contributed by atoms with Crippen LogP contribution in [0.1, 0.15) is 23.0 Å². The fraction of sp³-hybridized carbons (Fsp3) is 0.375. The van der Waals surface area contributed by atoms with Crippen molar-refractivity contribution in [2.45, 2.75) is 13.5 Å². The SMILES string of the molecule is CC(=O)c1ccc(N2CCN(Cc3ccon3)CC2)c([N+](=O)[O-])c1. The van der Waals surface area contributed by atoms with Crippen molar-refractivity contribution >= 4 is 17.2 Å². The van der Waals surface area contributed by atoms with E-state index in [2.05, 4.69) is 10.1 Å². The lowest BCUT2D eigenvalue weighted by atomic mass is 10.1. The summed E-state index contributed by atoms with van der Waals surface area (Å²) in [5, 5.41) is 15.3. The van der Waals surface area contributed by atoms with Gasteiger partial charge < -0.3 is 9.42 Å². The molecule has 1 saturated heterocycles. The molecule has 0 atom stereocenters. The summed E-state index contributed by atoms with van der Waals surface area (Å²) in [5.74, 6) is -0.179. The van der Waals surface area contributed by atoms with E-state index in [-0.39, 0.29) is 11.5 Å². The number of nitro benzene ring substituents is 1. The highest BCUT2D eigenvalue weighted by molar-refractivity contribution is 5.95. The molecule has 1 aliphatic rings. The van der Waals surface area contributed by atoms with Crippen LogP contribution in [0.2, 0.25) is 0 Å². The predicted octanol–water partition coefficient (Wildman–Crippen LogP) is 2.11. The summed E-state index contributed by atoms with van der Waals surface area (Å²) in [6.45, 7) is 5.02. The Hall–Kier alpha value is -2.74. The molecule has 0 saturated carbocycles. The van der Waals surface area contributed by atoms with Crippen molar-refractivity contribution in [1.29, 1.82) is 0 Å². The second kappa shape index (κ2) is 6.79. The average molecular weight is 330 g/mol. The smallest absolute Gasteiger partial charge is 0.293 e. The van der Waals surface area contributed by atoms with Crippen LogP contribution in [0.5, 0.6) is 0 Å². The van der Waals surface area contributed by atoms with Gasteiger partial charge in [-0.05, 0) is 19.1 Å². The zero-order chi connectivity index (χ0) is 17.1. The lowest BCUT2D eigenvalue weighted by molar-refractivity contribution is -0.384. The van der Waals surface area contributed by atoms with Crippen LogP contribution in [0.25, 0.3) is 0 Å². The Labute approximate surface area is 138 Å². The average Bonchev–Trinajstić information content (AvgIpc) is 3.08. The predicted molar refractivity (Wildman–Crippen MR) is 87.1 cm³/mol. The third kappa shape index (κ3) is 3.43. The van der Waals surface area contributed by atoms with Crippen molar-refractivity contribution in [2.75, 3.05) is 31.1 Å². The largest absolute Gasteiger partial charge is 0.364 e. The highest BCUT2D eigenvalue weighted by atomic mass is 16.6. The van der Waals surface area contributed by atoms with Crippen LogP contribution in [0.3, 0.4) is 0 Å². The van der Waals surface area contributed by atoms with Gasteiger partial charge in [0, 0.05) is 50.4 Å². The Morgan fingerprint density at radius 2 is 2.04 bits per heavy atom. The molecule has 0 amide bonds. The lowest BCUT2D eigenvalue weighted by Gasteiger charge is -2.35. The monoisotopic (exact) mass is 330 g/mol. The number of anilines is 1. The number of aromatic nitrogens is 1. The number of piperazine rings is 1. The molecular formula is C16H18N4O4. The first-order chi connectivity index (χ1) is 11.5. The maximum absolute atomic E-state index is 11.4. The van der Waals surface area contributed by atoms with Crippen LogP contribution in [-0.2, 0) is 6.54 Å². The number of ketones is 1. The molecule has 0 radical (unpaired) electrons. The number of hydrogen-bond donors (Lipinski definition) is 0. The quantitative estimate of drug-likeness (QED) is 0.471. The number of nitro groups is 1. The van der Waals surface area contributed by atoms with Gasteiger partial charge in [-0.2, -0.15) is 0 Å².